The van der Waals surface area contributed by atoms with Crippen LogP contribution in [-0.2, 0) is 16.1 Å². The van der Waals surface area contributed by atoms with Crippen LogP contribution in [0.25, 0.3) is 0 Å². The molecule has 1 atom stereocenters. The fraction of sp³-hybridized carbons (Fsp3) is 0.571. The van der Waals surface area contributed by atoms with Gasteiger partial charge >= 0.3 is 0 Å². The molecule has 2 N–H and O–H groups in total. The minimum absolute atomic E-state index is 0.0572. The molecule has 2 heterocycles. The third kappa shape index (κ3) is 5.47. The van der Waals surface area contributed by atoms with Crippen LogP contribution in [0, 0.1) is 0 Å². The van der Waals surface area contributed by atoms with Gasteiger partial charge in [0.15, 0.2) is 5.96 Å². The maximum atomic E-state index is 12.5. The fourth-order valence-electron chi connectivity index (χ4n) is 3.66. The van der Waals surface area contributed by atoms with Crippen LogP contribution in [0.3, 0.4) is 0 Å². The molecular weight excluding hydrogens is 370 g/mol. The van der Waals surface area contributed by atoms with Crippen molar-refractivity contribution < 1.29 is 14.3 Å². The topological polar surface area (TPSA) is 86.3 Å². The summed E-state index contributed by atoms with van der Waals surface area (Å²) in [5, 5.41) is 6.17. The molecule has 2 fully saturated rings. The molecule has 2 aliphatic rings. The van der Waals surface area contributed by atoms with E-state index in [0.717, 1.165) is 37.5 Å². The van der Waals surface area contributed by atoms with E-state index in [9.17, 15) is 9.59 Å². The number of guanidine groups is 1. The van der Waals surface area contributed by atoms with Gasteiger partial charge in [0.25, 0.3) is 11.8 Å². The first-order valence-electron chi connectivity index (χ1n) is 10.4. The van der Waals surface area contributed by atoms with Crippen LogP contribution in [0.4, 0.5) is 0 Å². The average Bonchev–Trinajstić information content (AvgIpc) is 3.30. The first kappa shape index (κ1) is 21.1. The quantitative estimate of drug-likeness (QED) is 0.564. The molecule has 158 valence electrons. The third-order valence-electron chi connectivity index (χ3n) is 5.31. The first-order valence-corrected chi connectivity index (χ1v) is 10.4. The molecule has 8 nitrogen and oxygen atoms in total. The van der Waals surface area contributed by atoms with Crippen LogP contribution in [0.2, 0.25) is 0 Å². The highest BCUT2D eigenvalue weighted by atomic mass is 16.5. The van der Waals surface area contributed by atoms with E-state index in [0.29, 0.717) is 38.3 Å². The highest BCUT2D eigenvalue weighted by molar-refractivity contribution is 5.94. The number of aliphatic imine (C=N–C) groups is 1. The van der Waals surface area contributed by atoms with Crippen molar-refractivity contribution >= 4 is 17.8 Å². The lowest BCUT2D eigenvalue weighted by Gasteiger charge is -2.37. The van der Waals surface area contributed by atoms with Crippen molar-refractivity contribution in [2.24, 2.45) is 4.99 Å². The van der Waals surface area contributed by atoms with E-state index < -0.39 is 0 Å². The highest BCUT2D eigenvalue weighted by Gasteiger charge is 2.30. The van der Waals surface area contributed by atoms with E-state index >= 15 is 0 Å². The number of benzene rings is 1. The second kappa shape index (κ2) is 10.2. The van der Waals surface area contributed by atoms with Gasteiger partial charge in [-0.2, -0.15) is 0 Å². The van der Waals surface area contributed by atoms with Crippen molar-refractivity contribution in [3.8, 4) is 0 Å². The Kier molecular flexibility index (Phi) is 7.46. The number of carbonyl (C=O) groups is 2. The second-order valence-electron chi connectivity index (χ2n) is 7.27. The van der Waals surface area contributed by atoms with E-state index in [1.165, 1.54) is 0 Å². The number of ether oxygens (including phenoxy) is 1. The van der Waals surface area contributed by atoms with Crippen molar-refractivity contribution in [1.82, 2.24) is 20.4 Å². The zero-order valence-electron chi connectivity index (χ0n) is 17.3. The number of hydrogen-bond acceptors (Lipinski definition) is 4. The minimum atomic E-state index is -0.249. The van der Waals surface area contributed by atoms with Crippen LogP contribution in [0.1, 0.15) is 35.7 Å². The lowest BCUT2D eigenvalue weighted by molar-refractivity contribution is -0.142. The molecule has 1 aromatic carbocycles. The molecule has 2 amide bonds. The molecule has 3 rings (SSSR count). The van der Waals surface area contributed by atoms with Crippen LogP contribution in [0.5, 0.6) is 0 Å². The molecule has 1 unspecified atom stereocenters. The Bertz CT molecular complexity index is 720. The van der Waals surface area contributed by atoms with Crippen LogP contribution < -0.4 is 10.6 Å². The molecule has 0 radical (unpaired) electrons. The van der Waals surface area contributed by atoms with Crippen molar-refractivity contribution in [2.75, 3.05) is 46.4 Å². The van der Waals surface area contributed by atoms with Gasteiger partial charge in [-0.25, -0.2) is 0 Å². The Hall–Kier alpha value is -2.61. The number of rotatable bonds is 5. The molecule has 2 aliphatic heterocycles. The normalized spacial score (nSPS) is 19.9. The van der Waals surface area contributed by atoms with Crippen molar-refractivity contribution in [3.63, 3.8) is 0 Å². The summed E-state index contributed by atoms with van der Waals surface area (Å²) in [4.78, 5) is 32.8. The predicted molar refractivity (Wildman–Crippen MR) is 112 cm³/mol. The van der Waals surface area contributed by atoms with Gasteiger partial charge in [0.2, 0.25) is 0 Å². The smallest absolute Gasteiger partial charge is 0.251 e. The second-order valence-corrected chi connectivity index (χ2v) is 7.27. The minimum Gasteiger partial charge on any atom is -0.368 e. The van der Waals surface area contributed by atoms with Gasteiger partial charge < -0.3 is 25.2 Å². The van der Waals surface area contributed by atoms with Gasteiger partial charge in [-0.3, -0.25) is 14.6 Å². The summed E-state index contributed by atoms with van der Waals surface area (Å²) < 4.78 is 5.52. The zero-order valence-corrected chi connectivity index (χ0v) is 17.3. The Labute approximate surface area is 172 Å². The number of piperazine rings is 1. The molecule has 0 spiro atoms. The number of hydrogen-bond donors (Lipinski definition) is 2. The molecule has 0 aromatic heterocycles. The SMILES string of the molecule is CCNC(=O)c1ccc(CNC(=NC)N2CCN(C(=O)C3CCCO3)CC2)cc1. The first-order chi connectivity index (χ1) is 14.1. The molecule has 1 aromatic rings. The molecule has 2 saturated heterocycles. The Balaban J connectivity index is 1.47. The standard InChI is InChI=1S/C21H31N5O3/c1-3-23-19(27)17-8-6-16(7-9-17)15-24-21(22-2)26-12-10-25(11-13-26)20(28)18-5-4-14-29-18/h6-9,18H,3-5,10-15H2,1-2H3,(H,22,24)(H,23,27). The molecular formula is C21H31N5O3. The summed E-state index contributed by atoms with van der Waals surface area (Å²) in [6.07, 6.45) is 1.56. The lowest BCUT2D eigenvalue weighted by Crippen LogP contribution is -2.55. The third-order valence-corrected chi connectivity index (χ3v) is 5.31. The van der Waals surface area contributed by atoms with E-state index in [4.69, 9.17) is 4.74 Å². The molecule has 0 aliphatic carbocycles. The number of nitrogens with one attached hydrogen (secondary N) is 2. The van der Waals surface area contributed by atoms with Crippen molar-refractivity contribution in [1.29, 1.82) is 0 Å². The van der Waals surface area contributed by atoms with Gasteiger partial charge in [-0.05, 0) is 37.5 Å². The number of amides is 2. The van der Waals surface area contributed by atoms with Gasteiger partial charge in [-0.1, -0.05) is 12.1 Å². The lowest BCUT2D eigenvalue weighted by atomic mass is 10.1. The Morgan fingerprint density at radius 1 is 1.10 bits per heavy atom. The molecule has 8 heteroatoms. The van der Waals surface area contributed by atoms with Crippen LogP contribution in [-0.4, -0.2) is 80.1 Å². The average molecular weight is 402 g/mol. The molecule has 29 heavy (non-hydrogen) atoms. The fourth-order valence-corrected chi connectivity index (χ4v) is 3.66. The molecule has 0 bridgehead atoms. The summed E-state index contributed by atoms with van der Waals surface area (Å²) in [6.45, 7) is 6.68. The molecule has 0 saturated carbocycles. The highest BCUT2D eigenvalue weighted by Crippen LogP contribution is 2.16. The number of nitrogens with zero attached hydrogens (tertiary/aromatic N) is 3. The summed E-state index contributed by atoms with van der Waals surface area (Å²) >= 11 is 0. The van der Waals surface area contributed by atoms with E-state index in [2.05, 4.69) is 20.5 Å². The van der Waals surface area contributed by atoms with Crippen molar-refractivity contribution in [3.05, 3.63) is 35.4 Å². The summed E-state index contributed by atoms with van der Waals surface area (Å²) in [7, 11) is 1.77. The van der Waals surface area contributed by atoms with E-state index in [-0.39, 0.29) is 17.9 Å². The van der Waals surface area contributed by atoms with Crippen LogP contribution >= 0.6 is 0 Å². The van der Waals surface area contributed by atoms with E-state index in [1.807, 2.05) is 36.1 Å². The van der Waals surface area contributed by atoms with Gasteiger partial charge in [0.1, 0.15) is 6.10 Å². The predicted octanol–water partition coefficient (Wildman–Crippen LogP) is 0.835. The number of carbonyl (C=O) groups excluding carboxylic acids is 2. The summed E-state index contributed by atoms with van der Waals surface area (Å²) in [5.41, 5.74) is 1.73. The summed E-state index contributed by atoms with van der Waals surface area (Å²) in [5.74, 6) is 0.887. The maximum Gasteiger partial charge on any atom is 0.251 e. The van der Waals surface area contributed by atoms with Gasteiger partial charge in [0.05, 0.1) is 0 Å². The van der Waals surface area contributed by atoms with Gasteiger partial charge in [-0.15, -0.1) is 0 Å². The van der Waals surface area contributed by atoms with Gasteiger partial charge in [0, 0.05) is 58.5 Å². The largest absolute Gasteiger partial charge is 0.368 e. The maximum absolute atomic E-state index is 12.5. The summed E-state index contributed by atoms with van der Waals surface area (Å²) in [6, 6.07) is 7.56. The van der Waals surface area contributed by atoms with E-state index in [1.54, 1.807) is 7.05 Å². The van der Waals surface area contributed by atoms with Crippen LogP contribution in [0.15, 0.2) is 29.3 Å². The Morgan fingerprint density at radius 2 is 1.79 bits per heavy atom. The zero-order chi connectivity index (χ0) is 20.6. The monoisotopic (exact) mass is 401 g/mol. The Morgan fingerprint density at radius 3 is 2.38 bits per heavy atom. The van der Waals surface area contributed by atoms with Crippen molar-refractivity contribution in [2.45, 2.75) is 32.4 Å².